The van der Waals surface area contributed by atoms with E-state index in [1.165, 1.54) is 22.3 Å². The molecule has 2 aromatic rings. The zero-order chi connectivity index (χ0) is 25.0. The zero-order valence-corrected chi connectivity index (χ0v) is 20.4. The fraction of sp³-hybridized carbons (Fsp3) is 0.464. The van der Waals surface area contributed by atoms with Crippen molar-refractivity contribution in [2.75, 3.05) is 19.7 Å². The van der Waals surface area contributed by atoms with Crippen LogP contribution in [0.1, 0.15) is 68.9 Å². The molecule has 0 aromatic heterocycles. The number of fused-ring (bicyclic) bond motifs is 3. The van der Waals surface area contributed by atoms with Crippen molar-refractivity contribution in [2.24, 2.45) is 5.92 Å². The first-order chi connectivity index (χ1) is 17.0. The van der Waals surface area contributed by atoms with E-state index in [-0.39, 0.29) is 24.2 Å². The second-order valence-electron chi connectivity index (χ2n) is 9.09. The molecule has 1 aliphatic rings. The minimum Gasteiger partial charge on any atom is -0.481 e. The van der Waals surface area contributed by atoms with Crippen LogP contribution in [-0.2, 0) is 14.3 Å². The third-order valence-corrected chi connectivity index (χ3v) is 6.57. The first-order valence-corrected chi connectivity index (χ1v) is 12.6. The van der Waals surface area contributed by atoms with E-state index in [0.717, 1.165) is 32.1 Å². The molecular formula is C28H36N2O5. The molecule has 0 bridgehead atoms. The number of rotatable bonds is 14. The number of benzene rings is 2. The number of amides is 2. The molecule has 0 spiro atoms. The fourth-order valence-corrected chi connectivity index (χ4v) is 4.56. The topological polar surface area (TPSA) is 105 Å². The summed E-state index contributed by atoms with van der Waals surface area (Å²) in [5.41, 5.74) is 4.79. The van der Waals surface area contributed by atoms with E-state index in [9.17, 15) is 14.4 Å². The molecule has 0 aliphatic heterocycles. The first-order valence-electron chi connectivity index (χ1n) is 12.6. The summed E-state index contributed by atoms with van der Waals surface area (Å²) < 4.78 is 5.54. The van der Waals surface area contributed by atoms with Crippen molar-refractivity contribution in [3.63, 3.8) is 0 Å². The molecule has 1 aliphatic carbocycles. The molecule has 7 nitrogen and oxygen atoms in total. The van der Waals surface area contributed by atoms with Crippen LogP contribution in [0.3, 0.4) is 0 Å². The molecule has 0 saturated heterocycles. The Morgan fingerprint density at radius 2 is 1.54 bits per heavy atom. The lowest BCUT2D eigenvalue weighted by Gasteiger charge is -2.14. The van der Waals surface area contributed by atoms with E-state index in [1.807, 2.05) is 31.2 Å². The van der Waals surface area contributed by atoms with E-state index < -0.39 is 12.1 Å². The van der Waals surface area contributed by atoms with Gasteiger partial charge in [0, 0.05) is 31.8 Å². The second kappa shape index (κ2) is 13.5. The van der Waals surface area contributed by atoms with Crippen molar-refractivity contribution in [3.05, 3.63) is 59.7 Å². The monoisotopic (exact) mass is 480 g/mol. The minimum absolute atomic E-state index is 0.0274. The lowest BCUT2D eigenvalue weighted by Crippen LogP contribution is -2.30. The molecule has 3 N–H and O–H groups in total. The number of alkyl carbamates (subject to hydrolysis) is 1. The minimum atomic E-state index is -0.835. The van der Waals surface area contributed by atoms with Crippen LogP contribution in [0.2, 0.25) is 0 Å². The van der Waals surface area contributed by atoms with Gasteiger partial charge in [-0.15, -0.1) is 0 Å². The van der Waals surface area contributed by atoms with E-state index in [1.54, 1.807) is 0 Å². The molecule has 3 rings (SSSR count). The summed E-state index contributed by atoms with van der Waals surface area (Å²) in [7, 11) is 0. The number of carbonyl (C=O) groups is 3. The molecule has 1 unspecified atom stereocenters. The van der Waals surface area contributed by atoms with E-state index in [4.69, 9.17) is 9.84 Å². The molecule has 0 heterocycles. The second-order valence-corrected chi connectivity index (χ2v) is 9.09. The van der Waals surface area contributed by atoms with Crippen LogP contribution in [0.15, 0.2) is 48.5 Å². The Labute approximate surface area is 207 Å². The summed E-state index contributed by atoms with van der Waals surface area (Å²) in [5.74, 6) is -0.847. The van der Waals surface area contributed by atoms with Crippen LogP contribution in [-0.4, -0.2) is 42.8 Å². The Morgan fingerprint density at radius 1 is 0.914 bits per heavy atom. The molecule has 2 aromatic carbocycles. The van der Waals surface area contributed by atoms with E-state index in [0.29, 0.717) is 26.1 Å². The molecular weight excluding hydrogens is 444 g/mol. The molecule has 0 radical (unpaired) electrons. The van der Waals surface area contributed by atoms with Crippen LogP contribution in [0.5, 0.6) is 0 Å². The van der Waals surface area contributed by atoms with Crippen molar-refractivity contribution in [1.82, 2.24) is 10.6 Å². The van der Waals surface area contributed by atoms with Crippen LogP contribution in [0.4, 0.5) is 4.79 Å². The molecule has 35 heavy (non-hydrogen) atoms. The van der Waals surface area contributed by atoms with Gasteiger partial charge in [-0.1, -0.05) is 74.7 Å². The molecule has 7 heteroatoms. The van der Waals surface area contributed by atoms with Gasteiger partial charge in [0.2, 0.25) is 5.91 Å². The smallest absolute Gasteiger partial charge is 0.407 e. The predicted octanol–water partition coefficient (Wildman–Crippen LogP) is 5.09. The number of carboxylic acid groups (broad SMARTS) is 1. The maximum Gasteiger partial charge on any atom is 0.407 e. The fourth-order valence-electron chi connectivity index (χ4n) is 4.56. The first kappa shape index (κ1) is 26.3. The third kappa shape index (κ3) is 7.84. The SMILES string of the molecule is CCC(CNC(=O)CCCCCCNC(=O)OCC1c2ccccc2-c2ccccc21)CC(=O)O. The average Bonchev–Trinajstić information content (AvgIpc) is 3.18. The number of ether oxygens (including phenoxy) is 1. The van der Waals surface area contributed by atoms with Crippen molar-refractivity contribution in [2.45, 2.75) is 57.8 Å². The normalized spacial score (nSPS) is 12.9. The quantitative estimate of drug-likeness (QED) is 0.327. The summed E-state index contributed by atoms with van der Waals surface area (Å²) >= 11 is 0. The lowest BCUT2D eigenvalue weighted by atomic mass is 9.98. The molecule has 0 fully saturated rings. The molecule has 188 valence electrons. The number of hydrogen-bond acceptors (Lipinski definition) is 4. The zero-order valence-electron chi connectivity index (χ0n) is 20.4. The highest BCUT2D eigenvalue weighted by Crippen LogP contribution is 2.44. The Bertz CT molecular complexity index is 961. The van der Waals surface area contributed by atoms with Crippen LogP contribution < -0.4 is 10.6 Å². The lowest BCUT2D eigenvalue weighted by molar-refractivity contribution is -0.138. The van der Waals surface area contributed by atoms with E-state index >= 15 is 0 Å². The summed E-state index contributed by atoms with van der Waals surface area (Å²) in [6.45, 7) is 3.18. The van der Waals surface area contributed by atoms with Gasteiger partial charge in [0.05, 0.1) is 0 Å². The van der Waals surface area contributed by atoms with Crippen molar-refractivity contribution in [1.29, 1.82) is 0 Å². The Kier molecular flexibility index (Phi) is 10.1. The number of aliphatic carboxylic acids is 1. The molecule has 1 atom stereocenters. The summed E-state index contributed by atoms with van der Waals surface area (Å²) in [5, 5.41) is 14.5. The van der Waals surface area contributed by atoms with Crippen molar-refractivity contribution >= 4 is 18.0 Å². The van der Waals surface area contributed by atoms with Gasteiger partial charge in [-0.3, -0.25) is 9.59 Å². The number of carboxylic acids is 1. The number of carbonyl (C=O) groups excluding carboxylic acids is 2. The Morgan fingerprint density at radius 3 is 2.17 bits per heavy atom. The van der Waals surface area contributed by atoms with E-state index in [2.05, 4.69) is 34.9 Å². The standard InChI is InChI=1S/C28H36N2O5/c1-2-20(17-27(32)33)18-30-26(31)15-5-3-4-10-16-29-28(34)35-19-25-23-13-8-6-11-21(23)22-12-7-9-14-24(22)25/h6-9,11-14,20,25H,2-5,10,15-19H2,1H3,(H,29,34)(H,30,31)(H,32,33). The van der Waals surface area contributed by atoms with Crippen molar-refractivity contribution < 1.29 is 24.2 Å². The Hall–Kier alpha value is -3.35. The van der Waals surface area contributed by atoms with Gasteiger partial charge >= 0.3 is 12.1 Å². The molecule has 2 amide bonds. The third-order valence-electron chi connectivity index (χ3n) is 6.57. The average molecular weight is 481 g/mol. The maximum absolute atomic E-state index is 12.2. The van der Waals surface area contributed by atoms with Gasteiger partial charge < -0.3 is 20.5 Å². The van der Waals surface area contributed by atoms with Gasteiger partial charge in [0.15, 0.2) is 0 Å². The highest BCUT2D eigenvalue weighted by Gasteiger charge is 2.28. The summed E-state index contributed by atoms with van der Waals surface area (Å²) in [6.07, 6.45) is 4.23. The van der Waals surface area contributed by atoms with Crippen LogP contribution in [0, 0.1) is 5.92 Å². The van der Waals surface area contributed by atoms with Gasteiger partial charge in [-0.25, -0.2) is 4.79 Å². The van der Waals surface area contributed by atoms with Crippen LogP contribution >= 0.6 is 0 Å². The number of unbranched alkanes of at least 4 members (excludes halogenated alkanes) is 3. The predicted molar refractivity (Wildman–Crippen MR) is 135 cm³/mol. The van der Waals surface area contributed by atoms with Gasteiger partial charge in [-0.05, 0) is 41.0 Å². The largest absolute Gasteiger partial charge is 0.481 e. The van der Waals surface area contributed by atoms with Gasteiger partial charge in [0.1, 0.15) is 6.61 Å². The number of hydrogen-bond donors (Lipinski definition) is 3. The van der Waals surface area contributed by atoms with Gasteiger partial charge in [-0.2, -0.15) is 0 Å². The van der Waals surface area contributed by atoms with Gasteiger partial charge in [0.25, 0.3) is 0 Å². The summed E-state index contributed by atoms with van der Waals surface area (Å²) in [6, 6.07) is 16.5. The Balaban J connectivity index is 1.26. The highest BCUT2D eigenvalue weighted by molar-refractivity contribution is 5.79. The number of nitrogens with one attached hydrogen (secondary N) is 2. The summed E-state index contributed by atoms with van der Waals surface area (Å²) in [4.78, 5) is 34.9. The van der Waals surface area contributed by atoms with Crippen LogP contribution in [0.25, 0.3) is 11.1 Å². The van der Waals surface area contributed by atoms with Crippen molar-refractivity contribution in [3.8, 4) is 11.1 Å². The highest BCUT2D eigenvalue weighted by atomic mass is 16.5. The molecule has 0 saturated carbocycles. The maximum atomic E-state index is 12.2.